The molecule has 1 amide bonds. The van der Waals surface area contributed by atoms with Crippen molar-refractivity contribution in [3.05, 3.63) is 29.3 Å². The van der Waals surface area contributed by atoms with Crippen molar-refractivity contribution in [2.75, 3.05) is 18.4 Å². The Bertz CT molecular complexity index is 641. The number of carboxylic acids is 1. The number of amides is 1. The van der Waals surface area contributed by atoms with E-state index < -0.39 is 5.97 Å². The standard InChI is InChI=1S/C20H31N3O3/c1-5-23(12-20(25)26)17-10-16(11-17)21-14(3)9-19(24)22-18-8-6-7-13(2)15(18)4/h6-8,14,16-17,21H,5,9-12H2,1-4H3,(H,22,24)(H,25,26). The monoisotopic (exact) mass is 361 g/mol. The zero-order valence-electron chi connectivity index (χ0n) is 16.2. The molecule has 0 heterocycles. The van der Waals surface area contributed by atoms with Crippen molar-refractivity contribution < 1.29 is 14.7 Å². The van der Waals surface area contributed by atoms with Crippen LogP contribution in [-0.4, -0.2) is 53.1 Å². The van der Waals surface area contributed by atoms with E-state index >= 15 is 0 Å². The topological polar surface area (TPSA) is 81.7 Å². The molecular weight excluding hydrogens is 330 g/mol. The molecule has 6 heteroatoms. The average Bonchev–Trinajstić information content (AvgIpc) is 2.52. The van der Waals surface area contributed by atoms with Crippen molar-refractivity contribution in [1.29, 1.82) is 0 Å². The minimum atomic E-state index is -0.778. The van der Waals surface area contributed by atoms with Crippen LogP contribution in [0.4, 0.5) is 5.69 Å². The number of carboxylic acid groups (broad SMARTS) is 1. The quantitative estimate of drug-likeness (QED) is 0.630. The summed E-state index contributed by atoms with van der Waals surface area (Å²) < 4.78 is 0. The highest BCUT2D eigenvalue weighted by molar-refractivity contribution is 5.92. The van der Waals surface area contributed by atoms with Crippen molar-refractivity contribution in [2.45, 2.75) is 65.1 Å². The molecule has 0 saturated heterocycles. The zero-order chi connectivity index (χ0) is 19.3. The normalized spacial score (nSPS) is 20.5. The summed E-state index contributed by atoms with van der Waals surface area (Å²) in [7, 11) is 0. The van der Waals surface area contributed by atoms with E-state index in [9.17, 15) is 9.59 Å². The van der Waals surface area contributed by atoms with Crippen molar-refractivity contribution >= 4 is 17.6 Å². The van der Waals surface area contributed by atoms with Gasteiger partial charge in [0, 0.05) is 30.2 Å². The number of benzene rings is 1. The first kappa shape index (κ1) is 20.4. The van der Waals surface area contributed by atoms with Crippen LogP contribution < -0.4 is 10.6 Å². The van der Waals surface area contributed by atoms with Crippen LogP contribution in [0, 0.1) is 13.8 Å². The Balaban J connectivity index is 1.74. The van der Waals surface area contributed by atoms with Gasteiger partial charge in [0.1, 0.15) is 0 Å². The van der Waals surface area contributed by atoms with E-state index in [1.165, 1.54) is 0 Å². The molecule has 0 aliphatic heterocycles. The predicted octanol–water partition coefficient (Wildman–Crippen LogP) is 2.55. The minimum Gasteiger partial charge on any atom is -0.480 e. The number of likely N-dealkylation sites (N-methyl/N-ethyl adjacent to an activating group) is 1. The number of rotatable bonds is 9. The van der Waals surface area contributed by atoms with Gasteiger partial charge in [0.25, 0.3) is 0 Å². The van der Waals surface area contributed by atoms with E-state index in [1.54, 1.807) is 0 Å². The number of aryl methyl sites for hydroxylation is 1. The Hall–Kier alpha value is -1.92. The molecule has 0 spiro atoms. The fourth-order valence-corrected chi connectivity index (χ4v) is 3.52. The number of carbonyl (C=O) groups excluding carboxylic acids is 1. The van der Waals surface area contributed by atoms with Gasteiger partial charge in [0.05, 0.1) is 6.54 Å². The fourth-order valence-electron chi connectivity index (χ4n) is 3.52. The maximum absolute atomic E-state index is 12.3. The molecular formula is C20H31N3O3. The Labute approximate surface area is 156 Å². The van der Waals surface area contributed by atoms with Crippen LogP contribution in [0.3, 0.4) is 0 Å². The third-order valence-electron chi connectivity index (χ3n) is 5.26. The average molecular weight is 361 g/mol. The minimum absolute atomic E-state index is 0.00985. The summed E-state index contributed by atoms with van der Waals surface area (Å²) in [5.41, 5.74) is 3.14. The lowest BCUT2D eigenvalue weighted by atomic mass is 9.84. The Morgan fingerprint density at radius 2 is 2.00 bits per heavy atom. The van der Waals surface area contributed by atoms with Gasteiger partial charge in [-0.3, -0.25) is 14.5 Å². The molecule has 1 aliphatic rings. The first-order valence-corrected chi connectivity index (χ1v) is 9.38. The summed E-state index contributed by atoms with van der Waals surface area (Å²) in [6.45, 7) is 8.90. The van der Waals surface area contributed by atoms with E-state index in [0.717, 1.165) is 36.2 Å². The molecule has 2 rings (SSSR count). The highest BCUT2D eigenvalue weighted by atomic mass is 16.4. The Kier molecular flexibility index (Phi) is 7.17. The lowest BCUT2D eigenvalue weighted by Gasteiger charge is -2.43. The van der Waals surface area contributed by atoms with E-state index in [-0.39, 0.29) is 18.5 Å². The number of nitrogens with one attached hydrogen (secondary N) is 2. The third-order valence-corrected chi connectivity index (χ3v) is 5.26. The molecule has 0 bridgehead atoms. The lowest BCUT2D eigenvalue weighted by molar-refractivity contribution is -0.139. The molecule has 1 aromatic rings. The molecule has 1 fully saturated rings. The molecule has 1 atom stereocenters. The highest BCUT2D eigenvalue weighted by Gasteiger charge is 2.34. The first-order chi connectivity index (χ1) is 12.3. The molecule has 0 aromatic heterocycles. The fraction of sp³-hybridized carbons (Fsp3) is 0.600. The summed E-state index contributed by atoms with van der Waals surface area (Å²) >= 11 is 0. The van der Waals surface area contributed by atoms with Crippen molar-refractivity contribution in [3.63, 3.8) is 0 Å². The van der Waals surface area contributed by atoms with E-state index in [1.807, 2.05) is 50.8 Å². The SMILES string of the molecule is CCN(CC(=O)O)C1CC(NC(C)CC(=O)Nc2cccc(C)c2C)C1. The van der Waals surface area contributed by atoms with Crippen LogP contribution in [0.15, 0.2) is 18.2 Å². The number of aliphatic carboxylic acids is 1. The van der Waals surface area contributed by atoms with Gasteiger partial charge >= 0.3 is 5.97 Å². The second kappa shape index (κ2) is 9.14. The summed E-state index contributed by atoms with van der Waals surface area (Å²) in [6.07, 6.45) is 2.29. The number of hydrogen-bond donors (Lipinski definition) is 3. The van der Waals surface area contributed by atoms with Crippen molar-refractivity contribution in [3.8, 4) is 0 Å². The van der Waals surface area contributed by atoms with Gasteiger partial charge in [0.2, 0.25) is 5.91 Å². The number of hydrogen-bond acceptors (Lipinski definition) is 4. The molecule has 0 radical (unpaired) electrons. The van der Waals surface area contributed by atoms with Crippen LogP contribution in [0.5, 0.6) is 0 Å². The molecule has 1 saturated carbocycles. The smallest absolute Gasteiger partial charge is 0.317 e. The molecule has 144 valence electrons. The Morgan fingerprint density at radius 3 is 2.62 bits per heavy atom. The number of anilines is 1. The maximum atomic E-state index is 12.3. The van der Waals surface area contributed by atoms with Gasteiger partial charge in [-0.15, -0.1) is 0 Å². The molecule has 1 aliphatic carbocycles. The summed E-state index contributed by atoms with van der Waals surface area (Å²) in [4.78, 5) is 25.2. The van der Waals surface area contributed by atoms with E-state index in [4.69, 9.17) is 5.11 Å². The molecule has 26 heavy (non-hydrogen) atoms. The maximum Gasteiger partial charge on any atom is 0.317 e. The van der Waals surface area contributed by atoms with Crippen molar-refractivity contribution in [2.24, 2.45) is 0 Å². The highest BCUT2D eigenvalue weighted by Crippen LogP contribution is 2.26. The summed E-state index contributed by atoms with van der Waals surface area (Å²) in [5.74, 6) is -0.768. The second-order valence-corrected chi connectivity index (χ2v) is 7.35. The first-order valence-electron chi connectivity index (χ1n) is 9.38. The molecule has 3 N–H and O–H groups in total. The molecule has 6 nitrogen and oxygen atoms in total. The van der Waals surface area contributed by atoms with Crippen LogP contribution in [0.1, 0.15) is 44.2 Å². The van der Waals surface area contributed by atoms with Crippen LogP contribution >= 0.6 is 0 Å². The van der Waals surface area contributed by atoms with E-state index in [2.05, 4.69) is 10.6 Å². The van der Waals surface area contributed by atoms with Gasteiger partial charge in [-0.05, 0) is 57.4 Å². The number of nitrogens with zero attached hydrogens (tertiary/aromatic N) is 1. The second-order valence-electron chi connectivity index (χ2n) is 7.35. The van der Waals surface area contributed by atoms with E-state index in [0.29, 0.717) is 18.5 Å². The lowest BCUT2D eigenvalue weighted by Crippen LogP contribution is -2.55. The Morgan fingerprint density at radius 1 is 1.31 bits per heavy atom. The zero-order valence-corrected chi connectivity index (χ0v) is 16.2. The van der Waals surface area contributed by atoms with Gasteiger partial charge in [-0.25, -0.2) is 0 Å². The molecule has 1 aromatic carbocycles. The third kappa shape index (κ3) is 5.54. The van der Waals surface area contributed by atoms with Crippen molar-refractivity contribution in [1.82, 2.24) is 10.2 Å². The van der Waals surface area contributed by atoms with Gasteiger partial charge in [-0.2, -0.15) is 0 Å². The van der Waals surface area contributed by atoms with Crippen LogP contribution in [0.2, 0.25) is 0 Å². The van der Waals surface area contributed by atoms with Gasteiger partial charge in [0.15, 0.2) is 0 Å². The summed E-state index contributed by atoms with van der Waals surface area (Å²) in [6, 6.07) is 6.67. The van der Waals surface area contributed by atoms with Gasteiger partial charge < -0.3 is 15.7 Å². The summed E-state index contributed by atoms with van der Waals surface area (Å²) in [5, 5.41) is 15.4. The molecule has 1 unspecified atom stereocenters. The van der Waals surface area contributed by atoms with Crippen LogP contribution in [-0.2, 0) is 9.59 Å². The van der Waals surface area contributed by atoms with Crippen LogP contribution in [0.25, 0.3) is 0 Å². The van der Waals surface area contributed by atoms with Gasteiger partial charge in [-0.1, -0.05) is 19.1 Å². The predicted molar refractivity (Wildman–Crippen MR) is 103 cm³/mol. The number of carbonyl (C=O) groups is 2. The largest absolute Gasteiger partial charge is 0.480 e.